The van der Waals surface area contributed by atoms with E-state index in [4.69, 9.17) is 21.4 Å². The van der Waals surface area contributed by atoms with Gasteiger partial charge in [-0.2, -0.15) is 0 Å². The summed E-state index contributed by atoms with van der Waals surface area (Å²) in [4.78, 5) is 0. The number of aromatic hydroxyl groups is 1. The second-order valence-corrected chi connectivity index (χ2v) is 3.94. The number of halogens is 2. The molecule has 2 aromatic carbocycles. The van der Waals surface area contributed by atoms with Crippen molar-refractivity contribution in [2.24, 2.45) is 0 Å². The molecule has 0 saturated carbocycles. The smallest absolute Gasteiger partial charge is 0.142 e. The minimum Gasteiger partial charge on any atom is -0.508 e. The number of rotatable bonds is 3. The lowest BCUT2D eigenvalue weighted by Gasteiger charge is -2.06. The van der Waals surface area contributed by atoms with Gasteiger partial charge in [0.1, 0.15) is 23.9 Å². The molecule has 0 aromatic heterocycles. The Balaban J connectivity index is 2.02. The Morgan fingerprint density at radius 3 is 2.47 bits per heavy atom. The molecular weight excluding hydrogens is 243 g/mol. The summed E-state index contributed by atoms with van der Waals surface area (Å²) >= 11 is 5.57. The molecular formula is C13H10ClFO2. The van der Waals surface area contributed by atoms with E-state index in [-0.39, 0.29) is 17.4 Å². The van der Waals surface area contributed by atoms with Gasteiger partial charge >= 0.3 is 0 Å². The number of ether oxygens (including phenoxy) is 1. The molecule has 0 bridgehead atoms. The van der Waals surface area contributed by atoms with Crippen molar-refractivity contribution in [2.75, 3.05) is 0 Å². The van der Waals surface area contributed by atoms with E-state index >= 15 is 0 Å². The van der Waals surface area contributed by atoms with Crippen molar-refractivity contribution in [2.45, 2.75) is 6.61 Å². The van der Waals surface area contributed by atoms with Gasteiger partial charge in [0.2, 0.25) is 0 Å². The van der Waals surface area contributed by atoms with Crippen LogP contribution in [0.5, 0.6) is 11.5 Å². The average Bonchev–Trinajstić information content (AvgIpc) is 2.33. The van der Waals surface area contributed by atoms with Crippen molar-refractivity contribution >= 4 is 11.6 Å². The van der Waals surface area contributed by atoms with Gasteiger partial charge in [0.05, 0.1) is 5.02 Å². The van der Waals surface area contributed by atoms with E-state index in [1.165, 1.54) is 24.3 Å². The van der Waals surface area contributed by atoms with Gasteiger partial charge < -0.3 is 9.84 Å². The van der Waals surface area contributed by atoms with Gasteiger partial charge in [-0.05, 0) is 42.0 Å². The standard InChI is InChI=1S/C13H10ClFO2/c14-12-6-1-9(7-13(12)15)8-17-11-4-2-10(16)3-5-11/h1-7,16H,8H2. The summed E-state index contributed by atoms with van der Waals surface area (Å²) < 4.78 is 18.6. The second kappa shape index (κ2) is 5.06. The van der Waals surface area contributed by atoms with Gasteiger partial charge in [0, 0.05) is 0 Å². The topological polar surface area (TPSA) is 29.5 Å². The van der Waals surface area contributed by atoms with E-state index in [1.54, 1.807) is 18.2 Å². The van der Waals surface area contributed by atoms with Crippen LogP contribution in [0.15, 0.2) is 42.5 Å². The number of phenols is 1. The Morgan fingerprint density at radius 1 is 1.12 bits per heavy atom. The molecule has 0 aliphatic carbocycles. The highest BCUT2D eigenvalue weighted by atomic mass is 35.5. The van der Waals surface area contributed by atoms with E-state index in [0.29, 0.717) is 11.3 Å². The predicted octanol–water partition coefficient (Wildman–Crippen LogP) is 3.76. The highest BCUT2D eigenvalue weighted by Crippen LogP contribution is 2.19. The lowest BCUT2D eigenvalue weighted by atomic mass is 10.2. The van der Waals surface area contributed by atoms with Crippen LogP contribution < -0.4 is 4.74 Å². The molecule has 4 heteroatoms. The third-order valence-electron chi connectivity index (χ3n) is 2.23. The largest absolute Gasteiger partial charge is 0.508 e. The first-order valence-electron chi connectivity index (χ1n) is 5.01. The van der Waals surface area contributed by atoms with Crippen LogP contribution in [0.1, 0.15) is 5.56 Å². The third-order valence-corrected chi connectivity index (χ3v) is 2.53. The summed E-state index contributed by atoms with van der Waals surface area (Å²) in [6, 6.07) is 10.9. The van der Waals surface area contributed by atoms with E-state index in [0.717, 1.165) is 0 Å². The molecule has 0 unspecified atom stereocenters. The van der Waals surface area contributed by atoms with Gasteiger partial charge in [0.25, 0.3) is 0 Å². The average molecular weight is 253 g/mol. The molecule has 0 atom stereocenters. The van der Waals surface area contributed by atoms with Gasteiger partial charge in [-0.1, -0.05) is 17.7 Å². The molecule has 0 saturated heterocycles. The van der Waals surface area contributed by atoms with Crippen LogP contribution in [-0.4, -0.2) is 5.11 Å². The molecule has 0 aliphatic heterocycles. The summed E-state index contributed by atoms with van der Waals surface area (Å²) in [6.45, 7) is 0.249. The van der Waals surface area contributed by atoms with Crippen molar-refractivity contribution in [3.8, 4) is 11.5 Å². The Kier molecular flexibility index (Phi) is 3.49. The first kappa shape index (κ1) is 11.7. The molecule has 17 heavy (non-hydrogen) atoms. The number of hydrogen-bond acceptors (Lipinski definition) is 2. The summed E-state index contributed by atoms with van der Waals surface area (Å²) in [5.74, 6) is 0.325. The van der Waals surface area contributed by atoms with Crippen molar-refractivity contribution < 1.29 is 14.2 Å². The first-order chi connectivity index (χ1) is 8.15. The highest BCUT2D eigenvalue weighted by Gasteiger charge is 2.02. The summed E-state index contributed by atoms with van der Waals surface area (Å²) in [5.41, 5.74) is 0.694. The highest BCUT2D eigenvalue weighted by molar-refractivity contribution is 6.30. The van der Waals surface area contributed by atoms with Gasteiger partial charge in [-0.3, -0.25) is 0 Å². The molecule has 2 nitrogen and oxygen atoms in total. The van der Waals surface area contributed by atoms with Crippen LogP contribution in [0.4, 0.5) is 4.39 Å². The van der Waals surface area contributed by atoms with Crippen molar-refractivity contribution in [1.29, 1.82) is 0 Å². The van der Waals surface area contributed by atoms with Gasteiger partial charge in [-0.25, -0.2) is 4.39 Å². The minimum atomic E-state index is -0.460. The van der Waals surface area contributed by atoms with Gasteiger partial charge in [-0.15, -0.1) is 0 Å². The Bertz CT molecular complexity index is 511. The molecule has 0 radical (unpaired) electrons. The normalized spacial score (nSPS) is 10.2. The van der Waals surface area contributed by atoms with E-state index < -0.39 is 5.82 Å². The fraction of sp³-hybridized carbons (Fsp3) is 0.0769. The lowest BCUT2D eigenvalue weighted by molar-refractivity contribution is 0.305. The predicted molar refractivity (Wildman–Crippen MR) is 63.8 cm³/mol. The quantitative estimate of drug-likeness (QED) is 0.901. The fourth-order valence-corrected chi connectivity index (χ4v) is 1.46. The Morgan fingerprint density at radius 2 is 1.82 bits per heavy atom. The van der Waals surface area contributed by atoms with Crippen molar-refractivity contribution in [1.82, 2.24) is 0 Å². The van der Waals surface area contributed by atoms with Crippen LogP contribution in [0.2, 0.25) is 5.02 Å². The molecule has 2 rings (SSSR count). The maximum absolute atomic E-state index is 13.1. The molecule has 1 N–H and O–H groups in total. The second-order valence-electron chi connectivity index (χ2n) is 3.53. The number of hydrogen-bond donors (Lipinski definition) is 1. The van der Waals surface area contributed by atoms with Crippen molar-refractivity contribution in [3.05, 3.63) is 58.9 Å². The van der Waals surface area contributed by atoms with Crippen LogP contribution in [0, 0.1) is 5.82 Å². The van der Waals surface area contributed by atoms with E-state index in [2.05, 4.69) is 0 Å². The molecule has 88 valence electrons. The van der Waals surface area contributed by atoms with Crippen LogP contribution in [0.25, 0.3) is 0 Å². The summed E-state index contributed by atoms with van der Waals surface area (Å²) in [5, 5.41) is 9.18. The van der Waals surface area contributed by atoms with E-state index in [1.807, 2.05) is 0 Å². The number of benzene rings is 2. The zero-order valence-electron chi connectivity index (χ0n) is 8.86. The molecule has 2 aromatic rings. The third kappa shape index (κ3) is 3.11. The van der Waals surface area contributed by atoms with Crippen LogP contribution >= 0.6 is 11.6 Å². The van der Waals surface area contributed by atoms with Crippen LogP contribution in [0.3, 0.4) is 0 Å². The monoisotopic (exact) mass is 252 g/mol. The maximum Gasteiger partial charge on any atom is 0.142 e. The van der Waals surface area contributed by atoms with Crippen LogP contribution in [-0.2, 0) is 6.61 Å². The summed E-state index contributed by atoms with van der Waals surface area (Å²) in [7, 11) is 0. The van der Waals surface area contributed by atoms with Gasteiger partial charge in [0.15, 0.2) is 0 Å². The summed E-state index contributed by atoms with van der Waals surface area (Å²) in [6.07, 6.45) is 0. The molecule has 0 spiro atoms. The lowest BCUT2D eigenvalue weighted by Crippen LogP contribution is -1.95. The zero-order chi connectivity index (χ0) is 12.3. The molecule has 0 aliphatic rings. The SMILES string of the molecule is Oc1ccc(OCc2ccc(Cl)c(F)c2)cc1. The fourth-order valence-electron chi connectivity index (χ4n) is 1.34. The Hall–Kier alpha value is -1.74. The number of phenolic OH excluding ortho intramolecular Hbond substituents is 1. The minimum absolute atomic E-state index is 0.0957. The zero-order valence-corrected chi connectivity index (χ0v) is 9.62. The van der Waals surface area contributed by atoms with Crippen molar-refractivity contribution in [3.63, 3.8) is 0 Å². The molecule has 0 amide bonds. The maximum atomic E-state index is 13.1. The Labute approximate surface area is 103 Å². The van der Waals surface area contributed by atoms with E-state index in [9.17, 15) is 4.39 Å². The first-order valence-corrected chi connectivity index (χ1v) is 5.39. The molecule has 0 heterocycles. The molecule has 0 fully saturated rings.